The molecule has 0 spiro atoms. The van der Waals surface area contributed by atoms with E-state index in [1.54, 1.807) is 24.3 Å². The molecule has 4 nitrogen and oxygen atoms in total. The molecule has 0 aliphatic heterocycles. The summed E-state index contributed by atoms with van der Waals surface area (Å²) in [4.78, 5) is 26.6. The van der Waals surface area contributed by atoms with Crippen LogP contribution >= 0.6 is 0 Å². The number of rotatable bonds is 7. The van der Waals surface area contributed by atoms with Crippen LogP contribution in [0.4, 0.5) is 10.1 Å². The molecule has 0 radical (unpaired) electrons. The van der Waals surface area contributed by atoms with E-state index in [2.05, 4.69) is 5.32 Å². The minimum Gasteiger partial charge on any atom is -0.447 e. The molecule has 0 aromatic heterocycles. The van der Waals surface area contributed by atoms with Crippen LogP contribution in [-0.2, 0) is 14.3 Å². The van der Waals surface area contributed by atoms with E-state index in [1.165, 1.54) is 24.3 Å². The second-order valence-electron chi connectivity index (χ2n) is 7.48. The molecule has 0 fully saturated rings. The molecular formula is C28H22FNO3. The quantitative estimate of drug-likeness (QED) is 0.366. The summed E-state index contributed by atoms with van der Waals surface area (Å²) < 4.78 is 19.1. The van der Waals surface area contributed by atoms with Crippen molar-refractivity contribution in [3.63, 3.8) is 0 Å². The van der Waals surface area contributed by atoms with E-state index in [1.807, 2.05) is 66.7 Å². The van der Waals surface area contributed by atoms with Crippen molar-refractivity contribution >= 4 is 17.6 Å². The lowest BCUT2D eigenvalue weighted by Gasteiger charge is -2.22. The molecule has 1 atom stereocenters. The smallest absolute Gasteiger partial charge is 0.319 e. The van der Waals surface area contributed by atoms with Crippen molar-refractivity contribution in [2.24, 2.45) is 0 Å². The summed E-state index contributed by atoms with van der Waals surface area (Å²) in [5, 5.41) is 2.71. The first-order valence-corrected chi connectivity index (χ1v) is 10.5. The topological polar surface area (TPSA) is 55.4 Å². The zero-order chi connectivity index (χ0) is 23.0. The number of halogens is 1. The molecule has 4 aromatic rings. The average molecular weight is 439 g/mol. The molecule has 0 bridgehead atoms. The Balaban J connectivity index is 1.64. The highest BCUT2D eigenvalue weighted by Crippen LogP contribution is 2.29. The van der Waals surface area contributed by atoms with Crippen LogP contribution in [0.2, 0.25) is 0 Å². The highest BCUT2D eigenvalue weighted by molar-refractivity contribution is 5.96. The fourth-order valence-electron chi connectivity index (χ4n) is 3.58. The molecule has 164 valence electrons. The number of carbonyl (C=O) groups excluding carboxylic acids is 2. The highest BCUT2D eigenvalue weighted by Gasteiger charge is 2.31. The van der Waals surface area contributed by atoms with Gasteiger partial charge in [-0.25, -0.2) is 4.39 Å². The number of hydrogen-bond donors (Lipinski definition) is 1. The van der Waals surface area contributed by atoms with E-state index >= 15 is 0 Å². The van der Waals surface area contributed by atoms with E-state index < -0.39 is 29.7 Å². The van der Waals surface area contributed by atoms with Gasteiger partial charge in [-0.2, -0.15) is 0 Å². The van der Waals surface area contributed by atoms with E-state index in [9.17, 15) is 14.0 Å². The molecule has 1 N–H and O–H groups in total. The van der Waals surface area contributed by atoms with E-state index in [-0.39, 0.29) is 0 Å². The molecule has 5 heteroatoms. The number of nitrogens with one attached hydrogen (secondary N) is 1. The van der Waals surface area contributed by atoms with Gasteiger partial charge in [0.25, 0.3) is 5.91 Å². The molecule has 0 saturated carbocycles. The standard InChI is InChI=1S/C28H22FNO3/c29-23-16-18-24(19-17-23)30-27(31)26(22-14-8-3-9-15-22)33-28(32)25(20-10-4-1-5-11-20)21-12-6-2-7-13-21/h1-19,25-26H,(H,30,31)/t26-/m0/s1. The minimum absolute atomic E-state index is 0.404. The van der Waals surface area contributed by atoms with Gasteiger partial charge in [0, 0.05) is 11.3 Å². The monoisotopic (exact) mass is 439 g/mol. The molecule has 0 aliphatic rings. The number of benzene rings is 4. The van der Waals surface area contributed by atoms with Crippen LogP contribution in [0.1, 0.15) is 28.7 Å². The van der Waals surface area contributed by atoms with Gasteiger partial charge < -0.3 is 10.1 Å². The van der Waals surface area contributed by atoms with E-state index in [0.717, 1.165) is 11.1 Å². The summed E-state index contributed by atoms with van der Waals surface area (Å²) in [5.74, 6) is -2.18. The summed E-state index contributed by atoms with van der Waals surface area (Å²) >= 11 is 0. The minimum atomic E-state index is -1.18. The normalized spacial score (nSPS) is 11.6. The Bertz CT molecular complexity index is 1160. The third kappa shape index (κ3) is 5.52. The van der Waals surface area contributed by atoms with Gasteiger partial charge in [0.05, 0.1) is 0 Å². The maximum atomic E-state index is 13.5. The maximum Gasteiger partial charge on any atom is 0.319 e. The van der Waals surface area contributed by atoms with Crippen LogP contribution in [0.25, 0.3) is 0 Å². The van der Waals surface area contributed by atoms with Crippen molar-refractivity contribution in [3.05, 3.63) is 138 Å². The Morgan fingerprint density at radius 1 is 0.636 bits per heavy atom. The van der Waals surface area contributed by atoms with Crippen molar-refractivity contribution in [3.8, 4) is 0 Å². The summed E-state index contributed by atoms with van der Waals surface area (Å²) in [6.07, 6.45) is -1.18. The summed E-state index contributed by atoms with van der Waals surface area (Å²) in [5.41, 5.74) is 2.46. The lowest BCUT2D eigenvalue weighted by atomic mass is 9.91. The number of amides is 1. The Labute approximate surface area is 191 Å². The van der Waals surface area contributed by atoms with Gasteiger partial charge in [-0.05, 0) is 35.4 Å². The van der Waals surface area contributed by atoms with Crippen molar-refractivity contribution in [2.45, 2.75) is 12.0 Å². The van der Waals surface area contributed by atoms with Crippen molar-refractivity contribution in [1.29, 1.82) is 0 Å². The van der Waals surface area contributed by atoms with Crippen LogP contribution in [0.5, 0.6) is 0 Å². The largest absolute Gasteiger partial charge is 0.447 e. The first kappa shape index (κ1) is 22.0. The van der Waals surface area contributed by atoms with Gasteiger partial charge in [-0.3, -0.25) is 9.59 Å². The lowest BCUT2D eigenvalue weighted by Crippen LogP contribution is -2.28. The fourth-order valence-corrected chi connectivity index (χ4v) is 3.58. The van der Waals surface area contributed by atoms with Gasteiger partial charge in [-0.15, -0.1) is 0 Å². The number of carbonyl (C=O) groups is 2. The maximum absolute atomic E-state index is 13.5. The van der Waals surface area contributed by atoms with Gasteiger partial charge in [0.1, 0.15) is 11.7 Å². The van der Waals surface area contributed by atoms with Crippen LogP contribution < -0.4 is 5.32 Å². The number of hydrogen-bond acceptors (Lipinski definition) is 3. The average Bonchev–Trinajstić information content (AvgIpc) is 2.86. The zero-order valence-electron chi connectivity index (χ0n) is 17.7. The Kier molecular flexibility index (Phi) is 6.90. The van der Waals surface area contributed by atoms with E-state index in [0.29, 0.717) is 11.3 Å². The number of ether oxygens (including phenoxy) is 1. The molecular weight excluding hydrogens is 417 g/mol. The third-order valence-corrected chi connectivity index (χ3v) is 5.19. The van der Waals surface area contributed by atoms with Crippen LogP contribution in [0.3, 0.4) is 0 Å². The van der Waals surface area contributed by atoms with Gasteiger partial charge in [0.15, 0.2) is 0 Å². The Hall–Kier alpha value is -4.25. The molecule has 0 heterocycles. The van der Waals surface area contributed by atoms with Crippen molar-refractivity contribution in [1.82, 2.24) is 0 Å². The molecule has 33 heavy (non-hydrogen) atoms. The van der Waals surface area contributed by atoms with Crippen molar-refractivity contribution in [2.75, 3.05) is 5.32 Å². The lowest BCUT2D eigenvalue weighted by molar-refractivity contribution is -0.155. The second-order valence-corrected chi connectivity index (χ2v) is 7.48. The van der Waals surface area contributed by atoms with Gasteiger partial charge >= 0.3 is 5.97 Å². The van der Waals surface area contributed by atoms with Crippen LogP contribution in [0, 0.1) is 5.82 Å². The Morgan fingerprint density at radius 2 is 1.09 bits per heavy atom. The van der Waals surface area contributed by atoms with Crippen LogP contribution in [0.15, 0.2) is 115 Å². The third-order valence-electron chi connectivity index (χ3n) is 5.19. The first-order chi connectivity index (χ1) is 16.1. The SMILES string of the molecule is O=C(O[C@H](C(=O)Nc1ccc(F)cc1)c1ccccc1)C(c1ccccc1)c1ccccc1. The zero-order valence-corrected chi connectivity index (χ0v) is 17.7. The number of anilines is 1. The molecule has 0 unspecified atom stereocenters. The summed E-state index contributed by atoms with van der Waals surface area (Å²) in [7, 11) is 0. The molecule has 4 rings (SSSR count). The summed E-state index contributed by atoms with van der Waals surface area (Å²) in [6.45, 7) is 0. The molecule has 0 aliphatic carbocycles. The predicted octanol–water partition coefficient (Wildman–Crippen LogP) is 5.88. The second kappa shape index (κ2) is 10.4. The first-order valence-electron chi connectivity index (χ1n) is 10.5. The van der Waals surface area contributed by atoms with E-state index in [4.69, 9.17) is 4.74 Å². The molecule has 4 aromatic carbocycles. The Morgan fingerprint density at radius 3 is 1.58 bits per heavy atom. The predicted molar refractivity (Wildman–Crippen MR) is 125 cm³/mol. The number of esters is 1. The van der Waals surface area contributed by atoms with Gasteiger partial charge in [-0.1, -0.05) is 91.0 Å². The van der Waals surface area contributed by atoms with Gasteiger partial charge in [0.2, 0.25) is 6.10 Å². The fraction of sp³-hybridized carbons (Fsp3) is 0.0714. The highest BCUT2D eigenvalue weighted by atomic mass is 19.1. The van der Waals surface area contributed by atoms with Crippen molar-refractivity contribution < 1.29 is 18.7 Å². The molecule has 1 amide bonds. The van der Waals surface area contributed by atoms with Crippen LogP contribution in [-0.4, -0.2) is 11.9 Å². The molecule has 0 saturated heterocycles. The summed E-state index contributed by atoms with van der Waals surface area (Å²) in [6, 6.07) is 32.8.